The van der Waals surface area contributed by atoms with E-state index >= 15 is 0 Å². The predicted octanol–water partition coefficient (Wildman–Crippen LogP) is 3.41. The summed E-state index contributed by atoms with van der Waals surface area (Å²) in [6.07, 6.45) is 8.67. The number of hydrogen-bond acceptors (Lipinski definition) is 8. The summed E-state index contributed by atoms with van der Waals surface area (Å²) in [5, 5.41) is 3.28. The zero-order valence-corrected chi connectivity index (χ0v) is 16.5. The molecular formula is C21H23N5O3. The normalized spacial score (nSPS) is 15.9. The molecule has 4 rings (SSSR count). The highest BCUT2D eigenvalue weighted by atomic mass is 16.5. The molecule has 1 N–H and O–H groups in total. The molecule has 3 aromatic rings. The van der Waals surface area contributed by atoms with E-state index in [1.54, 1.807) is 39.0 Å². The lowest BCUT2D eigenvalue weighted by atomic mass is 10.1. The van der Waals surface area contributed by atoms with Gasteiger partial charge >= 0.3 is 0 Å². The maximum Gasteiger partial charge on any atom is 0.223 e. The lowest BCUT2D eigenvalue weighted by Gasteiger charge is -2.16. The summed E-state index contributed by atoms with van der Waals surface area (Å²) in [4.78, 5) is 17.8. The van der Waals surface area contributed by atoms with Gasteiger partial charge in [0.1, 0.15) is 17.6 Å². The van der Waals surface area contributed by atoms with E-state index in [4.69, 9.17) is 19.2 Å². The van der Waals surface area contributed by atoms with E-state index in [0.717, 1.165) is 53.5 Å². The van der Waals surface area contributed by atoms with E-state index in [9.17, 15) is 0 Å². The Morgan fingerprint density at radius 1 is 1.14 bits per heavy atom. The molecule has 0 saturated carbocycles. The minimum Gasteiger partial charge on any atom is -0.497 e. The van der Waals surface area contributed by atoms with Crippen molar-refractivity contribution in [2.24, 2.45) is 0 Å². The summed E-state index contributed by atoms with van der Waals surface area (Å²) < 4.78 is 16.6. The van der Waals surface area contributed by atoms with Gasteiger partial charge < -0.3 is 19.5 Å². The minimum absolute atomic E-state index is 0.0677. The van der Waals surface area contributed by atoms with Gasteiger partial charge in [0.05, 0.1) is 31.8 Å². The Morgan fingerprint density at radius 3 is 2.79 bits per heavy atom. The van der Waals surface area contributed by atoms with Crippen LogP contribution in [0, 0.1) is 0 Å². The zero-order chi connectivity index (χ0) is 20.1. The van der Waals surface area contributed by atoms with Gasteiger partial charge in [-0.05, 0) is 31.0 Å². The molecule has 0 amide bonds. The molecule has 1 unspecified atom stereocenters. The number of ether oxygens (including phenoxy) is 3. The number of rotatable bonds is 7. The number of anilines is 1. The standard InChI is InChI=1S/C21H23N5O3/c1-27-15-5-6-18(28-2)14(10-15)11-24-21-25-12-16(17-13-22-7-8-23-17)20(26-21)19-4-3-9-29-19/h5-8,10,12-13,19H,3-4,9,11H2,1-2H3,(H,24,25,26). The second-order valence-corrected chi connectivity index (χ2v) is 6.62. The molecule has 1 saturated heterocycles. The Morgan fingerprint density at radius 2 is 2.07 bits per heavy atom. The zero-order valence-electron chi connectivity index (χ0n) is 16.5. The van der Waals surface area contributed by atoms with Crippen LogP contribution in [-0.2, 0) is 11.3 Å². The Bertz CT molecular complexity index is 962. The first-order chi connectivity index (χ1) is 14.3. The van der Waals surface area contributed by atoms with Gasteiger partial charge in [0.2, 0.25) is 5.95 Å². The highest BCUT2D eigenvalue weighted by Crippen LogP contribution is 2.34. The first kappa shape index (κ1) is 19.1. The van der Waals surface area contributed by atoms with E-state index in [1.807, 2.05) is 18.2 Å². The Labute approximate surface area is 169 Å². The molecule has 1 aliphatic rings. The van der Waals surface area contributed by atoms with Gasteiger partial charge in [-0.2, -0.15) is 0 Å². The van der Waals surface area contributed by atoms with Crippen molar-refractivity contribution in [2.75, 3.05) is 26.1 Å². The fraction of sp³-hybridized carbons (Fsp3) is 0.333. The first-order valence-corrected chi connectivity index (χ1v) is 9.48. The molecule has 1 atom stereocenters. The lowest BCUT2D eigenvalue weighted by Crippen LogP contribution is -2.10. The van der Waals surface area contributed by atoms with Crippen molar-refractivity contribution in [3.05, 3.63) is 54.2 Å². The molecular weight excluding hydrogens is 370 g/mol. The fourth-order valence-electron chi connectivity index (χ4n) is 3.35. The number of benzene rings is 1. The average Bonchev–Trinajstić information content (AvgIpc) is 3.33. The molecule has 8 nitrogen and oxygen atoms in total. The van der Waals surface area contributed by atoms with Crippen LogP contribution in [0.25, 0.3) is 11.3 Å². The second-order valence-electron chi connectivity index (χ2n) is 6.62. The Balaban J connectivity index is 1.61. The Kier molecular flexibility index (Phi) is 5.81. The first-order valence-electron chi connectivity index (χ1n) is 9.48. The topological polar surface area (TPSA) is 91.3 Å². The lowest BCUT2D eigenvalue weighted by molar-refractivity contribution is 0.109. The number of aromatic nitrogens is 4. The van der Waals surface area contributed by atoms with Crippen LogP contribution in [-0.4, -0.2) is 40.8 Å². The van der Waals surface area contributed by atoms with Crippen LogP contribution < -0.4 is 14.8 Å². The van der Waals surface area contributed by atoms with Gasteiger partial charge in [0.25, 0.3) is 0 Å². The van der Waals surface area contributed by atoms with Crippen LogP contribution >= 0.6 is 0 Å². The fourth-order valence-corrected chi connectivity index (χ4v) is 3.35. The van der Waals surface area contributed by atoms with Crippen LogP contribution in [0.3, 0.4) is 0 Å². The summed E-state index contributed by atoms with van der Waals surface area (Å²) >= 11 is 0. The highest BCUT2D eigenvalue weighted by Gasteiger charge is 2.24. The molecule has 3 heterocycles. The predicted molar refractivity (Wildman–Crippen MR) is 108 cm³/mol. The van der Waals surface area contributed by atoms with E-state index in [1.165, 1.54) is 0 Å². The summed E-state index contributed by atoms with van der Waals surface area (Å²) in [5.41, 5.74) is 3.36. The molecule has 29 heavy (non-hydrogen) atoms. The number of methoxy groups -OCH3 is 2. The Hall–Kier alpha value is -3.26. The molecule has 1 fully saturated rings. The molecule has 1 aromatic carbocycles. The highest BCUT2D eigenvalue weighted by molar-refractivity contribution is 5.61. The molecule has 0 aliphatic carbocycles. The van der Waals surface area contributed by atoms with Crippen molar-refractivity contribution >= 4 is 5.95 Å². The van der Waals surface area contributed by atoms with Crippen LogP contribution in [0.2, 0.25) is 0 Å². The van der Waals surface area contributed by atoms with E-state index in [-0.39, 0.29) is 6.10 Å². The molecule has 0 bridgehead atoms. The van der Waals surface area contributed by atoms with Gasteiger partial charge in [-0.25, -0.2) is 9.97 Å². The van der Waals surface area contributed by atoms with Gasteiger partial charge in [-0.15, -0.1) is 0 Å². The maximum atomic E-state index is 5.88. The summed E-state index contributed by atoms with van der Waals surface area (Å²) in [5.74, 6) is 2.06. The van der Waals surface area contributed by atoms with Crippen molar-refractivity contribution in [1.82, 2.24) is 19.9 Å². The number of nitrogens with one attached hydrogen (secondary N) is 1. The smallest absolute Gasteiger partial charge is 0.223 e. The van der Waals surface area contributed by atoms with Crippen molar-refractivity contribution in [3.63, 3.8) is 0 Å². The van der Waals surface area contributed by atoms with E-state index in [0.29, 0.717) is 12.5 Å². The van der Waals surface area contributed by atoms with Crippen molar-refractivity contribution < 1.29 is 14.2 Å². The molecule has 2 aromatic heterocycles. The van der Waals surface area contributed by atoms with Gasteiger partial charge in [-0.3, -0.25) is 9.97 Å². The van der Waals surface area contributed by atoms with E-state index in [2.05, 4.69) is 20.3 Å². The molecule has 8 heteroatoms. The summed E-state index contributed by atoms with van der Waals surface area (Å²) in [7, 11) is 3.29. The van der Waals surface area contributed by atoms with Crippen LogP contribution in [0.1, 0.15) is 30.2 Å². The third-order valence-corrected chi connectivity index (χ3v) is 4.82. The third-order valence-electron chi connectivity index (χ3n) is 4.82. The monoisotopic (exact) mass is 393 g/mol. The average molecular weight is 393 g/mol. The van der Waals surface area contributed by atoms with Gasteiger partial charge in [-0.1, -0.05) is 0 Å². The summed E-state index contributed by atoms with van der Waals surface area (Å²) in [6.45, 7) is 1.23. The van der Waals surface area contributed by atoms with Gasteiger partial charge in [0, 0.05) is 42.9 Å². The van der Waals surface area contributed by atoms with Crippen LogP contribution in [0.4, 0.5) is 5.95 Å². The maximum absolute atomic E-state index is 5.88. The van der Waals surface area contributed by atoms with Crippen LogP contribution in [0.5, 0.6) is 11.5 Å². The number of nitrogens with zero attached hydrogens (tertiary/aromatic N) is 4. The SMILES string of the molecule is COc1ccc(OC)c(CNc2ncc(-c3cnccn3)c(C3CCCO3)n2)c1. The minimum atomic E-state index is -0.0677. The van der Waals surface area contributed by atoms with Crippen LogP contribution in [0.15, 0.2) is 43.0 Å². The van der Waals surface area contributed by atoms with Crippen molar-refractivity contribution in [1.29, 1.82) is 0 Å². The second kappa shape index (κ2) is 8.83. The molecule has 0 spiro atoms. The quantitative estimate of drug-likeness (QED) is 0.653. The molecule has 0 radical (unpaired) electrons. The largest absolute Gasteiger partial charge is 0.497 e. The molecule has 150 valence electrons. The third kappa shape index (κ3) is 4.27. The van der Waals surface area contributed by atoms with E-state index < -0.39 is 0 Å². The molecule has 1 aliphatic heterocycles. The van der Waals surface area contributed by atoms with Crippen molar-refractivity contribution in [2.45, 2.75) is 25.5 Å². The summed E-state index contributed by atoms with van der Waals surface area (Å²) in [6, 6.07) is 5.68. The van der Waals surface area contributed by atoms with Gasteiger partial charge in [0.15, 0.2) is 0 Å². The number of hydrogen-bond donors (Lipinski definition) is 1. The van der Waals surface area contributed by atoms with Crippen molar-refractivity contribution in [3.8, 4) is 22.8 Å².